The molecule has 1 rings (SSSR count). The number of benzene rings is 1. The van der Waals surface area contributed by atoms with E-state index in [-0.39, 0.29) is 6.42 Å². The van der Waals surface area contributed by atoms with Crippen LogP contribution < -0.4 is 0 Å². The van der Waals surface area contributed by atoms with Crippen LogP contribution in [0, 0.1) is 5.92 Å². The summed E-state index contributed by atoms with van der Waals surface area (Å²) in [6, 6.07) is 6.78. The average molecular weight is 266 g/mol. The Hall–Kier alpha value is -1.62. The molecule has 1 unspecified atom stereocenters. The second kappa shape index (κ2) is 6.35. The van der Waals surface area contributed by atoms with Crippen LogP contribution in [0.3, 0.4) is 0 Å². The van der Waals surface area contributed by atoms with Crippen molar-refractivity contribution >= 4 is 29.3 Å². The Morgan fingerprint density at radius 1 is 1.22 bits per heavy atom. The molecule has 1 atom stereocenters. The Morgan fingerprint density at radius 3 is 2.17 bits per heavy atom. The average Bonchev–Trinajstić information content (AvgIpc) is 2.39. The van der Waals surface area contributed by atoms with Gasteiger partial charge in [0.25, 0.3) is 5.78 Å². The van der Waals surface area contributed by atoms with Crippen molar-refractivity contribution in [1.29, 1.82) is 0 Å². The molecule has 0 fully saturated rings. The van der Waals surface area contributed by atoms with Gasteiger partial charge in [-0.2, -0.15) is 0 Å². The molecular weight excluding hydrogens is 252 g/mol. The van der Waals surface area contributed by atoms with E-state index in [1.54, 1.807) is 43.0 Å². The molecule has 0 aliphatic heterocycles. The molecule has 96 valence electrons. The van der Waals surface area contributed by atoms with Gasteiger partial charge in [-0.1, -0.05) is 19.1 Å². The fraction of sp³-hybridized carbons (Fsp3) is 0.308. The minimum atomic E-state index is -1.56. The second-order valence-corrected chi connectivity index (χ2v) is 4.60. The van der Waals surface area contributed by atoms with E-state index in [1.807, 2.05) is 6.26 Å². The zero-order valence-corrected chi connectivity index (χ0v) is 11.0. The number of hydrogen-bond acceptors (Lipinski definition) is 4. The minimum Gasteiger partial charge on any atom is -0.475 e. The number of Topliss-reactive ketones (excluding diaryl/α,β-unsaturated/α-hetero) is 2. The van der Waals surface area contributed by atoms with E-state index in [1.165, 1.54) is 0 Å². The summed E-state index contributed by atoms with van der Waals surface area (Å²) in [4.78, 5) is 35.1. The van der Waals surface area contributed by atoms with Gasteiger partial charge in [-0.05, 0) is 24.8 Å². The number of ketones is 2. The Bertz CT molecular complexity index is 464. The fourth-order valence-corrected chi connectivity index (χ4v) is 2.00. The van der Waals surface area contributed by atoms with E-state index in [2.05, 4.69) is 0 Å². The van der Waals surface area contributed by atoms with Gasteiger partial charge in [-0.25, -0.2) is 4.79 Å². The highest BCUT2D eigenvalue weighted by atomic mass is 32.2. The third-order valence-corrected chi connectivity index (χ3v) is 3.37. The lowest BCUT2D eigenvalue weighted by Gasteiger charge is -2.10. The summed E-state index contributed by atoms with van der Waals surface area (Å²) in [5.74, 6) is -4.13. The molecule has 1 aromatic carbocycles. The maximum absolute atomic E-state index is 12.0. The van der Waals surface area contributed by atoms with Gasteiger partial charge in [0.05, 0.1) is 5.92 Å². The summed E-state index contributed by atoms with van der Waals surface area (Å²) in [7, 11) is 0. The molecule has 0 aliphatic rings. The summed E-state index contributed by atoms with van der Waals surface area (Å²) < 4.78 is 0. The van der Waals surface area contributed by atoms with Gasteiger partial charge in [0, 0.05) is 10.5 Å². The highest BCUT2D eigenvalue weighted by Gasteiger charge is 2.30. The molecule has 0 radical (unpaired) electrons. The van der Waals surface area contributed by atoms with E-state index in [4.69, 9.17) is 5.11 Å². The first-order chi connectivity index (χ1) is 8.51. The Morgan fingerprint density at radius 2 is 1.78 bits per heavy atom. The lowest BCUT2D eigenvalue weighted by atomic mass is 9.91. The number of carboxylic acids is 1. The third-order valence-electron chi connectivity index (χ3n) is 2.63. The first kappa shape index (κ1) is 14.4. The molecule has 0 spiro atoms. The lowest BCUT2D eigenvalue weighted by Crippen LogP contribution is -2.29. The molecule has 0 amide bonds. The third kappa shape index (κ3) is 3.20. The Labute approximate surface area is 109 Å². The van der Waals surface area contributed by atoms with Gasteiger partial charge >= 0.3 is 5.97 Å². The molecular formula is C13H14O4S. The Kier molecular flexibility index (Phi) is 5.09. The van der Waals surface area contributed by atoms with Crippen molar-refractivity contribution in [3.05, 3.63) is 29.8 Å². The number of thioether (sulfide) groups is 1. The minimum absolute atomic E-state index is 0.189. The van der Waals surface area contributed by atoms with E-state index < -0.39 is 23.5 Å². The molecule has 1 N–H and O–H groups in total. The van der Waals surface area contributed by atoms with Crippen LogP contribution >= 0.6 is 11.8 Å². The smallest absolute Gasteiger partial charge is 0.372 e. The molecule has 0 bridgehead atoms. The van der Waals surface area contributed by atoms with E-state index in [0.29, 0.717) is 5.56 Å². The lowest BCUT2D eigenvalue weighted by molar-refractivity contribution is -0.150. The normalized spacial score (nSPS) is 11.9. The molecule has 0 saturated heterocycles. The van der Waals surface area contributed by atoms with Crippen LogP contribution in [0.1, 0.15) is 23.7 Å². The number of aliphatic carboxylic acids is 1. The van der Waals surface area contributed by atoms with Crippen LogP contribution in [-0.4, -0.2) is 28.9 Å². The molecule has 18 heavy (non-hydrogen) atoms. The van der Waals surface area contributed by atoms with Crippen molar-refractivity contribution in [3.63, 3.8) is 0 Å². The standard InChI is InChI=1S/C13H14O4S/c1-3-10(12(15)13(16)17)11(14)8-4-6-9(18-2)7-5-8/h4-7,10H,3H2,1-2H3,(H,16,17). The second-order valence-electron chi connectivity index (χ2n) is 3.72. The maximum atomic E-state index is 12.0. The zero-order chi connectivity index (χ0) is 13.7. The number of hydrogen-bond donors (Lipinski definition) is 1. The van der Waals surface area contributed by atoms with Crippen LogP contribution in [0.2, 0.25) is 0 Å². The molecule has 4 nitrogen and oxygen atoms in total. The summed E-state index contributed by atoms with van der Waals surface area (Å²) in [5, 5.41) is 8.66. The summed E-state index contributed by atoms with van der Waals surface area (Å²) in [6.07, 6.45) is 2.11. The van der Waals surface area contributed by atoms with Crippen molar-refractivity contribution in [3.8, 4) is 0 Å². The number of carboxylic acid groups (broad SMARTS) is 1. The van der Waals surface area contributed by atoms with E-state index in [0.717, 1.165) is 4.90 Å². The summed E-state index contributed by atoms with van der Waals surface area (Å²) in [6.45, 7) is 1.62. The molecule has 1 aromatic rings. The highest BCUT2D eigenvalue weighted by molar-refractivity contribution is 7.98. The Balaban J connectivity index is 2.96. The monoisotopic (exact) mass is 266 g/mol. The van der Waals surface area contributed by atoms with Gasteiger partial charge in [-0.15, -0.1) is 11.8 Å². The SMILES string of the molecule is CCC(C(=O)C(=O)O)C(=O)c1ccc(SC)cc1. The van der Waals surface area contributed by atoms with Gasteiger partial charge in [0.2, 0.25) is 0 Å². The van der Waals surface area contributed by atoms with Crippen LogP contribution in [0.15, 0.2) is 29.2 Å². The summed E-state index contributed by atoms with van der Waals surface area (Å²) in [5.41, 5.74) is 0.370. The number of carbonyl (C=O) groups excluding carboxylic acids is 2. The molecule has 0 heterocycles. The predicted molar refractivity (Wildman–Crippen MR) is 69.0 cm³/mol. The van der Waals surface area contributed by atoms with Gasteiger partial charge in [0.1, 0.15) is 0 Å². The van der Waals surface area contributed by atoms with E-state index in [9.17, 15) is 14.4 Å². The quantitative estimate of drug-likeness (QED) is 0.370. The van der Waals surface area contributed by atoms with Crippen molar-refractivity contribution in [2.45, 2.75) is 18.2 Å². The largest absolute Gasteiger partial charge is 0.475 e. The van der Waals surface area contributed by atoms with Crippen LogP contribution in [0.4, 0.5) is 0 Å². The molecule has 0 saturated carbocycles. The fourth-order valence-electron chi connectivity index (χ4n) is 1.60. The van der Waals surface area contributed by atoms with Crippen LogP contribution in [0.5, 0.6) is 0 Å². The first-order valence-electron chi connectivity index (χ1n) is 5.46. The summed E-state index contributed by atoms with van der Waals surface area (Å²) >= 11 is 1.54. The van der Waals surface area contributed by atoms with Crippen molar-refractivity contribution in [1.82, 2.24) is 0 Å². The van der Waals surface area contributed by atoms with Crippen LogP contribution in [0.25, 0.3) is 0 Å². The number of carbonyl (C=O) groups is 3. The molecule has 5 heteroatoms. The van der Waals surface area contributed by atoms with Gasteiger partial charge in [-0.3, -0.25) is 9.59 Å². The van der Waals surface area contributed by atoms with Crippen molar-refractivity contribution in [2.24, 2.45) is 5.92 Å². The van der Waals surface area contributed by atoms with Gasteiger partial charge < -0.3 is 5.11 Å². The zero-order valence-electron chi connectivity index (χ0n) is 10.2. The van der Waals surface area contributed by atoms with Crippen molar-refractivity contribution in [2.75, 3.05) is 6.26 Å². The van der Waals surface area contributed by atoms with Crippen LogP contribution in [-0.2, 0) is 9.59 Å². The molecule has 0 aliphatic carbocycles. The van der Waals surface area contributed by atoms with Crippen molar-refractivity contribution < 1.29 is 19.5 Å². The first-order valence-corrected chi connectivity index (χ1v) is 6.69. The van der Waals surface area contributed by atoms with E-state index >= 15 is 0 Å². The maximum Gasteiger partial charge on any atom is 0.372 e. The van der Waals surface area contributed by atoms with Gasteiger partial charge in [0.15, 0.2) is 5.78 Å². The number of rotatable bonds is 6. The highest BCUT2D eigenvalue weighted by Crippen LogP contribution is 2.18. The topological polar surface area (TPSA) is 71.4 Å². The molecule has 0 aromatic heterocycles. The predicted octanol–water partition coefficient (Wildman–Crippen LogP) is 2.27.